The Morgan fingerprint density at radius 2 is 2.19 bits per heavy atom. The van der Waals surface area contributed by atoms with E-state index >= 15 is 0 Å². The Bertz CT molecular complexity index is 333. The first-order valence-electron chi connectivity index (χ1n) is 4.25. The SMILES string of the molecule is O=C(O)COC1=C(O)[C@@H]([C@@H](O)CO)OC1=O. The van der Waals surface area contributed by atoms with Gasteiger partial charge in [0.05, 0.1) is 6.61 Å². The van der Waals surface area contributed by atoms with Crippen molar-refractivity contribution < 1.29 is 39.5 Å². The highest BCUT2D eigenvalue weighted by atomic mass is 16.6. The molecule has 0 saturated carbocycles. The number of aliphatic carboxylic acids is 1. The number of hydrogen-bond donors (Lipinski definition) is 4. The minimum atomic E-state index is -1.49. The first-order chi connectivity index (χ1) is 7.47. The molecular formula is C8H10O8. The van der Waals surface area contributed by atoms with Gasteiger partial charge in [-0.05, 0) is 0 Å². The second-order valence-corrected chi connectivity index (χ2v) is 2.97. The average Bonchev–Trinajstić information content (AvgIpc) is 2.51. The van der Waals surface area contributed by atoms with Gasteiger partial charge in [-0.15, -0.1) is 0 Å². The van der Waals surface area contributed by atoms with E-state index in [-0.39, 0.29) is 0 Å². The molecule has 8 nitrogen and oxygen atoms in total. The number of hydrogen-bond acceptors (Lipinski definition) is 7. The second kappa shape index (κ2) is 4.81. The van der Waals surface area contributed by atoms with Crippen molar-refractivity contribution in [3.63, 3.8) is 0 Å². The van der Waals surface area contributed by atoms with E-state index in [1.165, 1.54) is 0 Å². The molecule has 8 heteroatoms. The summed E-state index contributed by atoms with van der Waals surface area (Å²) in [6.07, 6.45) is -2.92. The molecule has 4 N–H and O–H groups in total. The Morgan fingerprint density at radius 3 is 2.69 bits per heavy atom. The summed E-state index contributed by atoms with van der Waals surface area (Å²) in [6, 6.07) is 0. The van der Waals surface area contributed by atoms with Gasteiger partial charge in [0, 0.05) is 0 Å². The van der Waals surface area contributed by atoms with Crippen LogP contribution >= 0.6 is 0 Å². The number of aliphatic hydroxyl groups is 3. The van der Waals surface area contributed by atoms with E-state index < -0.39 is 48.9 Å². The van der Waals surface area contributed by atoms with Gasteiger partial charge in [0.1, 0.15) is 6.10 Å². The van der Waals surface area contributed by atoms with Crippen LogP contribution < -0.4 is 0 Å². The van der Waals surface area contributed by atoms with Gasteiger partial charge in [-0.1, -0.05) is 0 Å². The van der Waals surface area contributed by atoms with Crippen molar-refractivity contribution in [3.05, 3.63) is 11.5 Å². The maximum absolute atomic E-state index is 11.1. The van der Waals surface area contributed by atoms with Crippen molar-refractivity contribution in [2.75, 3.05) is 13.2 Å². The Balaban J connectivity index is 2.76. The molecule has 0 aromatic rings. The quantitative estimate of drug-likeness (QED) is 0.407. The van der Waals surface area contributed by atoms with Crippen LogP contribution in [0.25, 0.3) is 0 Å². The largest absolute Gasteiger partial charge is 0.505 e. The van der Waals surface area contributed by atoms with Crippen LogP contribution in [0.4, 0.5) is 0 Å². The van der Waals surface area contributed by atoms with Crippen LogP contribution in [-0.4, -0.2) is 57.8 Å². The molecule has 0 aromatic heterocycles. The van der Waals surface area contributed by atoms with Crippen LogP contribution in [0, 0.1) is 0 Å². The number of carboxylic acids is 1. The predicted molar refractivity (Wildman–Crippen MR) is 46.2 cm³/mol. The molecule has 90 valence electrons. The molecule has 1 aliphatic heterocycles. The number of carboxylic acid groups (broad SMARTS) is 1. The zero-order valence-electron chi connectivity index (χ0n) is 7.99. The Labute approximate surface area is 89.3 Å². The van der Waals surface area contributed by atoms with Crippen LogP contribution in [0.3, 0.4) is 0 Å². The van der Waals surface area contributed by atoms with E-state index in [1.54, 1.807) is 0 Å². The first kappa shape index (κ1) is 12.3. The van der Waals surface area contributed by atoms with Crippen LogP contribution in [0.2, 0.25) is 0 Å². The fourth-order valence-electron chi connectivity index (χ4n) is 1.08. The van der Waals surface area contributed by atoms with Crippen LogP contribution in [0.15, 0.2) is 11.5 Å². The van der Waals surface area contributed by atoms with Crippen molar-refractivity contribution in [2.45, 2.75) is 12.2 Å². The number of cyclic esters (lactones) is 1. The fourth-order valence-corrected chi connectivity index (χ4v) is 1.08. The molecule has 0 spiro atoms. The standard InChI is InChI=1S/C8H10O8/c9-1-3(10)6-5(13)7(8(14)16-6)15-2-4(11)12/h3,6,9-10,13H,1-2H2,(H,11,12)/t3-,6+/m0/s1. The summed E-state index contributed by atoms with van der Waals surface area (Å²) in [7, 11) is 0. The number of esters is 1. The van der Waals surface area contributed by atoms with Gasteiger partial charge in [0.15, 0.2) is 18.5 Å². The lowest BCUT2D eigenvalue weighted by Crippen LogP contribution is -2.31. The summed E-state index contributed by atoms with van der Waals surface area (Å²) in [5.41, 5.74) is 0. The van der Waals surface area contributed by atoms with E-state index in [4.69, 9.17) is 15.3 Å². The number of ether oxygens (including phenoxy) is 2. The normalized spacial score (nSPS) is 21.9. The van der Waals surface area contributed by atoms with Crippen molar-refractivity contribution in [1.82, 2.24) is 0 Å². The van der Waals surface area contributed by atoms with E-state index in [0.717, 1.165) is 0 Å². The second-order valence-electron chi connectivity index (χ2n) is 2.97. The molecule has 0 aromatic carbocycles. The zero-order chi connectivity index (χ0) is 12.3. The third-order valence-electron chi connectivity index (χ3n) is 1.80. The summed E-state index contributed by atoms with van der Waals surface area (Å²) in [5, 5.41) is 35.4. The molecule has 1 heterocycles. The zero-order valence-corrected chi connectivity index (χ0v) is 7.99. The number of carbonyl (C=O) groups is 2. The third kappa shape index (κ3) is 2.41. The summed E-state index contributed by atoms with van der Waals surface area (Å²) < 4.78 is 8.96. The molecule has 0 unspecified atom stereocenters. The lowest BCUT2D eigenvalue weighted by Gasteiger charge is -2.13. The highest BCUT2D eigenvalue weighted by molar-refractivity contribution is 5.90. The molecule has 0 radical (unpaired) electrons. The minimum absolute atomic E-state index is 0.667. The van der Waals surface area contributed by atoms with Crippen molar-refractivity contribution in [2.24, 2.45) is 0 Å². The molecule has 0 bridgehead atoms. The van der Waals surface area contributed by atoms with E-state index in [2.05, 4.69) is 9.47 Å². The van der Waals surface area contributed by atoms with Gasteiger partial charge in [-0.2, -0.15) is 0 Å². The lowest BCUT2D eigenvalue weighted by atomic mass is 10.2. The first-order valence-corrected chi connectivity index (χ1v) is 4.25. The lowest BCUT2D eigenvalue weighted by molar-refractivity contribution is -0.149. The Morgan fingerprint density at radius 1 is 1.56 bits per heavy atom. The fraction of sp³-hybridized carbons (Fsp3) is 0.500. The maximum atomic E-state index is 11.1. The van der Waals surface area contributed by atoms with Gasteiger partial charge in [0.25, 0.3) is 0 Å². The van der Waals surface area contributed by atoms with Gasteiger partial charge in [0.2, 0.25) is 5.76 Å². The highest BCUT2D eigenvalue weighted by Crippen LogP contribution is 2.23. The third-order valence-corrected chi connectivity index (χ3v) is 1.80. The van der Waals surface area contributed by atoms with E-state index in [9.17, 15) is 14.7 Å². The molecule has 0 saturated heterocycles. The molecular weight excluding hydrogens is 224 g/mol. The Kier molecular flexibility index (Phi) is 3.69. The van der Waals surface area contributed by atoms with E-state index in [0.29, 0.717) is 0 Å². The van der Waals surface area contributed by atoms with Crippen molar-refractivity contribution in [3.8, 4) is 0 Å². The molecule has 0 amide bonds. The summed E-state index contributed by atoms with van der Waals surface area (Å²) in [6.45, 7) is -1.55. The van der Waals surface area contributed by atoms with Gasteiger partial charge in [-0.3, -0.25) is 0 Å². The number of carbonyl (C=O) groups excluding carboxylic acids is 1. The van der Waals surface area contributed by atoms with Crippen LogP contribution in [0.5, 0.6) is 0 Å². The summed E-state index contributed by atoms with van der Waals surface area (Å²) in [5.74, 6) is -3.82. The number of rotatable bonds is 5. The summed E-state index contributed by atoms with van der Waals surface area (Å²) in [4.78, 5) is 21.2. The van der Waals surface area contributed by atoms with Crippen LogP contribution in [0.1, 0.15) is 0 Å². The minimum Gasteiger partial charge on any atom is -0.505 e. The maximum Gasteiger partial charge on any atom is 0.378 e. The van der Waals surface area contributed by atoms with Crippen LogP contribution in [-0.2, 0) is 19.1 Å². The average molecular weight is 234 g/mol. The molecule has 1 rings (SSSR count). The van der Waals surface area contributed by atoms with Crippen molar-refractivity contribution >= 4 is 11.9 Å². The molecule has 16 heavy (non-hydrogen) atoms. The van der Waals surface area contributed by atoms with Gasteiger partial charge in [-0.25, -0.2) is 9.59 Å². The monoisotopic (exact) mass is 234 g/mol. The molecule has 1 aliphatic rings. The Hall–Kier alpha value is -1.80. The highest BCUT2D eigenvalue weighted by Gasteiger charge is 2.40. The molecule has 2 atom stereocenters. The van der Waals surface area contributed by atoms with Crippen molar-refractivity contribution in [1.29, 1.82) is 0 Å². The summed E-state index contributed by atoms with van der Waals surface area (Å²) >= 11 is 0. The number of aliphatic hydroxyl groups excluding tert-OH is 3. The molecule has 0 aliphatic carbocycles. The predicted octanol–water partition coefficient (Wildman–Crippen LogP) is -1.86. The molecule has 0 fully saturated rings. The van der Waals surface area contributed by atoms with Gasteiger partial charge < -0.3 is 29.9 Å². The smallest absolute Gasteiger partial charge is 0.378 e. The van der Waals surface area contributed by atoms with Gasteiger partial charge >= 0.3 is 11.9 Å². The van der Waals surface area contributed by atoms with E-state index in [1.807, 2.05) is 0 Å². The topological polar surface area (TPSA) is 134 Å².